The third-order valence-electron chi connectivity index (χ3n) is 3.90. The standard InChI is InChI=1S/C14H21N3O2S/c1-5-14(4)13(19)17(7-6-11(18)16-14)10(3)12-15-9(2)8-20-12/h8,10H,5-7H2,1-4H3,(H,16,18). The summed E-state index contributed by atoms with van der Waals surface area (Å²) in [5.41, 5.74) is 0.153. The second kappa shape index (κ2) is 5.52. The number of aryl methyl sites for hydroxylation is 1. The van der Waals surface area contributed by atoms with Gasteiger partial charge in [-0.1, -0.05) is 6.92 Å². The number of thiazole rings is 1. The predicted molar refractivity (Wildman–Crippen MR) is 78.4 cm³/mol. The molecule has 1 saturated heterocycles. The van der Waals surface area contributed by atoms with Crippen LogP contribution in [0.4, 0.5) is 0 Å². The maximum absolute atomic E-state index is 12.8. The molecule has 1 N–H and O–H groups in total. The molecule has 5 nitrogen and oxygen atoms in total. The van der Waals surface area contributed by atoms with E-state index in [9.17, 15) is 9.59 Å². The van der Waals surface area contributed by atoms with Crippen molar-refractivity contribution in [3.63, 3.8) is 0 Å². The highest BCUT2D eigenvalue weighted by molar-refractivity contribution is 7.09. The van der Waals surface area contributed by atoms with Crippen LogP contribution in [0.2, 0.25) is 0 Å². The Morgan fingerprint density at radius 1 is 1.55 bits per heavy atom. The Hall–Kier alpha value is -1.43. The van der Waals surface area contributed by atoms with E-state index in [-0.39, 0.29) is 17.9 Å². The molecule has 0 aromatic carbocycles. The highest BCUT2D eigenvalue weighted by atomic mass is 32.1. The average molecular weight is 295 g/mol. The average Bonchev–Trinajstić information content (AvgIpc) is 2.80. The number of rotatable bonds is 3. The minimum atomic E-state index is -0.811. The van der Waals surface area contributed by atoms with Gasteiger partial charge in [0, 0.05) is 24.0 Å². The van der Waals surface area contributed by atoms with Crippen molar-refractivity contribution in [1.29, 1.82) is 0 Å². The van der Waals surface area contributed by atoms with Gasteiger partial charge in [0.1, 0.15) is 10.5 Å². The minimum Gasteiger partial charge on any atom is -0.342 e. The van der Waals surface area contributed by atoms with Crippen LogP contribution in [0.3, 0.4) is 0 Å². The molecule has 20 heavy (non-hydrogen) atoms. The van der Waals surface area contributed by atoms with Crippen LogP contribution in [0.15, 0.2) is 5.38 Å². The molecule has 6 heteroatoms. The van der Waals surface area contributed by atoms with Gasteiger partial charge in [-0.05, 0) is 27.2 Å². The van der Waals surface area contributed by atoms with E-state index in [0.29, 0.717) is 19.4 Å². The molecule has 1 fully saturated rings. The highest BCUT2D eigenvalue weighted by Gasteiger charge is 2.41. The molecular weight excluding hydrogens is 274 g/mol. The number of hydrogen-bond acceptors (Lipinski definition) is 4. The van der Waals surface area contributed by atoms with Crippen LogP contribution in [0.5, 0.6) is 0 Å². The molecule has 0 aliphatic carbocycles. The zero-order chi connectivity index (χ0) is 14.9. The molecule has 1 aromatic heterocycles. The molecule has 2 rings (SSSR count). The Morgan fingerprint density at radius 2 is 2.25 bits per heavy atom. The summed E-state index contributed by atoms with van der Waals surface area (Å²) in [5, 5.41) is 5.75. The maximum atomic E-state index is 12.8. The van der Waals surface area contributed by atoms with Gasteiger partial charge in [-0.25, -0.2) is 4.98 Å². The fourth-order valence-electron chi connectivity index (χ4n) is 2.37. The second-order valence-electron chi connectivity index (χ2n) is 5.49. The van der Waals surface area contributed by atoms with E-state index in [4.69, 9.17) is 0 Å². The van der Waals surface area contributed by atoms with Gasteiger partial charge in [-0.2, -0.15) is 0 Å². The zero-order valence-corrected chi connectivity index (χ0v) is 13.2. The van der Waals surface area contributed by atoms with E-state index in [2.05, 4.69) is 10.3 Å². The number of hydrogen-bond donors (Lipinski definition) is 1. The third kappa shape index (κ3) is 2.70. The van der Waals surface area contributed by atoms with Crippen LogP contribution in [0.1, 0.15) is 50.4 Å². The lowest BCUT2D eigenvalue weighted by Gasteiger charge is -2.34. The van der Waals surface area contributed by atoms with Gasteiger partial charge in [0.25, 0.3) is 0 Å². The summed E-state index contributed by atoms with van der Waals surface area (Å²) in [7, 11) is 0. The molecule has 1 aromatic rings. The van der Waals surface area contributed by atoms with Gasteiger partial charge >= 0.3 is 0 Å². The van der Waals surface area contributed by atoms with Gasteiger partial charge in [0.2, 0.25) is 11.8 Å². The van der Waals surface area contributed by atoms with Crippen molar-refractivity contribution in [3.8, 4) is 0 Å². The minimum absolute atomic E-state index is 0.0220. The molecule has 110 valence electrons. The van der Waals surface area contributed by atoms with E-state index in [1.165, 1.54) is 0 Å². The van der Waals surface area contributed by atoms with Crippen LogP contribution in [-0.2, 0) is 9.59 Å². The van der Waals surface area contributed by atoms with Crippen molar-refractivity contribution in [3.05, 3.63) is 16.1 Å². The normalized spacial score (nSPS) is 25.3. The fourth-order valence-corrected chi connectivity index (χ4v) is 3.24. The van der Waals surface area contributed by atoms with E-state index in [1.807, 2.05) is 26.2 Å². The first kappa shape index (κ1) is 15.0. The van der Waals surface area contributed by atoms with Crippen LogP contribution < -0.4 is 5.32 Å². The Balaban J connectivity index is 2.29. The van der Waals surface area contributed by atoms with Crippen LogP contribution in [0.25, 0.3) is 0 Å². The first-order valence-corrected chi connectivity index (χ1v) is 7.79. The van der Waals surface area contributed by atoms with Crippen molar-refractivity contribution in [2.75, 3.05) is 6.54 Å². The van der Waals surface area contributed by atoms with Crippen LogP contribution in [-0.4, -0.2) is 33.8 Å². The summed E-state index contributed by atoms with van der Waals surface area (Å²) in [6.07, 6.45) is 0.924. The molecule has 0 spiro atoms. The SMILES string of the molecule is CCC1(C)NC(=O)CCN(C(C)c2nc(C)cs2)C1=O. The largest absolute Gasteiger partial charge is 0.342 e. The van der Waals surface area contributed by atoms with Crippen molar-refractivity contribution in [2.24, 2.45) is 0 Å². The summed E-state index contributed by atoms with van der Waals surface area (Å²) in [5.74, 6) is -0.0843. The lowest BCUT2D eigenvalue weighted by Crippen LogP contribution is -2.55. The molecule has 2 amide bonds. The van der Waals surface area contributed by atoms with Crippen molar-refractivity contribution < 1.29 is 9.59 Å². The number of carbonyl (C=O) groups is 2. The predicted octanol–water partition coefficient (Wildman–Crippen LogP) is 2.03. The smallest absolute Gasteiger partial charge is 0.248 e. The highest BCUT2D eigenvalue weighted by Crippen LogP contribution is 2.28. The molecule has 0 radical (unpaired) electrons. The van der Waals surface area contributed by atoms with E-state index >= 15 is 0 Å². The number of carbonyl (C=O) groups excluding carboxylic acids is 2. The van der Waals surface area contributed by atoms with Gasteiger partial charge in [-0.15, -0.1) is 11.3 Å². The molecule has 1 aliphatic rings. The third-order valence-corrected chi connectivity index (χ3v) is 5.03. The summed E-state index contributed by atoms with van der Waals surface area (Å²) in [4.78, 5) is 30.8. The molecular formula is C14H21N3O2S. The quantitative estimate of drug-likeness (QED) is 0.928. The lowest BCUT2D eigenvalue weighted by atomic mass is 9.96. The molecule has 1 aliphatic heterocycles. The summed E-state index contributed by atoms with van der Waals surface area (Å²) in [6, 6.07) is -0.0974. The van der Waals surface area contributed by atoms with Crippen LogP contribution in [0, 0.1) is 6.92 Å². The zero-order valence-electron chi connectivity index (χ0n) is 12.4. The Labute approximate surface area is 123 Å². The number of nitrogens with zero attached hydrogens (tertiary/aromatic N) is 2. The molecule has 0 saturated carbocycles. The van der Waals surface area contributed by atoms with E-state index < -0.39 is 5.54 Å². The first-order chi connectivity index (χ1) is 9.37. The van der Waals surface area contributed by atoms with Gasteiger partial charge in [0.15, 0.2) is 0 Å². The Bertz CT molecular complexity index is 528. The van der Waals surface area contributed by atoms with Gasteiger partial charge in [0.05, 0.1) is 6.04 Å². The molecule has 2 atom stereocenters. The summed E-state index contributed by atoms with van der Waals surface area (Å²) in [6.45, 7) is 8.07. The van der Waals surface area contributed by atoms with Crippen molar-refractivity contribution in [2.45, 2.75) is 52.1 Å². The van der Waals surface area contributed by atoms with Crippen molar-refractivity contribution in [1.82, 2.24) is 15.2 Å². The molecule has 2 heterocycles. The fraction of sp³-hybridized carbons (Fsp3) is 0.643. The topological polar surface area (TPSA) is 62.3 Å². The van der Waals surface area contributed by atoms with Crippen LogP contribution >= 0.6 is 11.3 Å². The molecule has 0 bridgehead atoms. The Kier molecular flexibility index (Phi) is 4.13. The maximum Gasteiger partial charge on any atom is 0.248 e. The number of amides is 2. The lowest BCUT2D eigenvalue weighted by molar-refractivity contribution is -0.140. The van der Waals surface area contributed by atoms with Crippen molar-refractivity contribution >= 4 is 23.2 Å². The first-order valence-electron chi connectivity index (χ1n) is 6.91. The van der Waals surface area contributed by atoms with E-state index in [0.717, 1.165) is 10.7 Å². The Morgan fingerprint density at radius 3 is 2.80 bits per heavy atom. The van der Waals surface area contributed by atoms with Gasteiger partial charge in [-0.3, -0.25) is 9.59 Å². The number of aromatic nitrogens is 1. The van der Waals surface area contributed by atoms with E-state index in [1.54, 1.807) is 23.2 Å². The summed E-state index contributed by atoms with van der Waals surface area (Å²) >= 11 is 1.56. The summed E-state index contributed by atoms with van der Waals surface area (Å²) < 4.78 is 0. The molecule has 2 unspecified atom stereocenters. The monoisotopic (exact) mass is 295 g/mol. The second-order valence-corrected chi connectivity index (χ2v) is 6.38. The van der Waals surface area contributed by atoms with Gasteiger partial charge < -0.3 is 10.2 Å². The number of nitrogens with one attached hydrogen (secondary N) is 1.